The van der Waals surface area contributed by atoms with Gasteiger partial charge in [0, 0.05) is 6.54 Å². The molecule has 120 valence electrons. The van der Waals surface area contributed by atoms with Gasteiger partial charge in [-0.1, -0.05) is 36.9 Å². The van der Waals surface area contributed by atoms with Crippen molar-refractivity contribution >= 4 is 34.1 Å². The summed E-state index contributed by atoms with van der Waals surface area (Å²) >= 11 is 2.85. The van der Waals surface area contributed by atoms with E-state index >= 15 is 0 Å². The molecule has 2 rings (SSSR count). The Bertz CT molecular complexity index is 583. The van der Waals surface area contributed by atoms with Crippen LogP contribution in [0.1, 0.15) is 26.5 Å². The maximum absolute atomic E-state index is 11.9. The molecule has 1 amide bonds. The van der Waals surface area contributed by atoms with Gasteiger partial charge in [-0.2, -0.15) is 0 Å². The Labute approximate surface area is 138 Å². The largest absolute Gasteiger partial charge is 0.467 e. The SMILES string of the molecule is CC(C)CNC(=O)[C@H](C)Sc1nnc(NCc2ccco2)s1. The Morgan fingerprint density at radius 1 is 1.41 bits per heavy atom. The summed E-state index contributed by atoms with van der Waals surface area (Å²) in [4.78, 5) is 11.9. The van der Waals surface area contributed by atoms with Crippen LogP contribution in [-0.4, -0.2) is 27.9 Å². The topological polar surface area (TPSA) is 80.0 Å². The average Bonchev–Trinajstić information content (AvgIpc) is 3.13. The summed E-state index contributed by atoms with van der Waals surface area (Å²) in [6.45, 7) is 7.27. The van der Waals surface area contributed by atoms with E-state index in [4.69, 9.17) is 4.42 Å². The van der Waals surface area contributed by atoms with Crippen LogP contribution in [-0.2, 0) is 11.3 Å². The molecule has 2 N–H and O–H groups in total. The minimum Gasteiger partial charge on any atom is -0.467 e. The molecule has 6 nitrogen and oxygen atoms in total. The van der Waals surface area contributed by atoms with Gasteiger partial charge in [-0.05, 0) is 25.0 Å². The molecule has 0 fully saturated rings. The fourth-order valence-electron chi connectivity index (χ4n) is 1.56. The molecule has 0 aromatic carbocycles. The van der Waals surface area contributed by atoms with Gasteiger partial charge in [-0.25, -0.2) is 0 Å². The fourth-order valence-corrected chi connectivity index (χ4v) is 3.47. The normalized spacial score (nSPS) is 12.4. The van der Waals surface area contributed by atoms with Crippen molar-refractivity contribution in [1.29, 1.82) is 0 Å². The maximum Gasteiger partial charge on any atom is 0.233 e. The summed E-state index contributed by atoms with van der Waals surface area (Å²) in [7, 11) is 0. The van der Waals surface area contributed by atoms with E-state index in [9.17, 15) is 4.79 Å². The van der Waals surface area contributed by atoms with Gasteiger partial charge in [0.2, 0.25) is 11.0 Å². The first-order chi connectivity index (χ1) is 10.5. The Kier molecular flexibility index (Phi) is 6.26. The number of hydrogen-bond donors (Lipinski definition) is 2. The third-order valence-corrected chi connectivity index (χ3v) is 4.80. The van der Waals surface area contributed by atoms with Gasteiger partial charge in [0.1, 0.15) is 5.76 Å². The van der Waals surface area contributed by atoms with Gasteiger partial charge in [-0.3, -0.25) is 4.79 Å². The molecule has 1 atom stereocenters. The van der Waals surface area contributed by atoms with E-state index in [2.05, 4.69) is 34.7 Å². The van der Waals surface area contributed by atoms with E-state index in [1.807, 2.05) is 19.1 Å². The number of carbonyl (C=O) groups excluding carboxylic acids is 1. The maximum atomic E-state index is 11.9. The molecule has 0 bridgehead atoms. The molecular formula is C14H20N4O2S2. The lowest BCUT2D eigenvalue weighted by Gasteiger charge is -2.11. The lowest BCUT2D eigenvalue weighted by molar-refractivity contribution is -0.120. The van der Waals surface area contributed by atoms with E-state index in [-0.39, 0.29) is 11.2 Å². The second-order valence-corrected chi connectivity index (χ2v) is 7.77. The molecule has 0 radical (unpaired) electrons. The Morgan fingerprint density at radius 2 is 2.23 bits per heavy atom. The Balaban J connectivity index is 1.79. The zero-order valence-electron chi connectivity index (χ0n) is 12.8. The number of thioether (sulfide) groups is 1. The van der Waals surface area contributed by atoms with E-state index in [1.54, 1.807) is 6.26 Å². The van der Waals surface area contributed by atoms with Crippen molar-refractivity contribution in [2.24, 2.45) is 5.92 Å². The van der Waals surface area contributed by atoms with Crippen LogP contribution in [0.2, 0.25) is 0 Å². The number of rotatable bonds is 8. The van der Waals surface area contributed by atoms with Gasteiger partial charge in [0.15, 0.2) is 4.34 Å². The summed E-state index contributed by atoms with van der Waals surface area (Å²) in [6, 6.07) is 3.74. The first-order valence-corrected chi connectivity index (χ1v) is 8.78. The van der Waals surface area contributed by atoms with Gasteiger partial charge >= 0.3 is 0 Å². The average molecular weight is 340 g/mol. The highest BCUT2D eigenvalue weighted by atomic mass is 32.2. The lowest BCUT2D eigenvalue weighted by atomic mass is 10.2. The van der Waals surface area contributed by atoms with Gasteiger partial charge in [-0.15, -0.1) is 10.2 Å². The van der Waals surface area contributed by atoms with Gasteiger partial charge < -0.3 is 15.1 Å². The first kappa shape index (κ1) is 16.8. The van der Waals surface area contributed by atoms with E-state index < -0.39 is 0 Å². The lowest BCUT2D eigenvalue weighted by Crippen LogP contribution is -2.33. The van der Waals surface area contributed by atoms with E-state index in [1.165, 1.54) is 23.1 Å². The number of nitrogens with one attached hydrogen (secondary N) is 2. The highest BCUT2D eigenvalue weighted by Crippen LogP contribution is 2.29. The third kappa shape index (κ3) is 5.34. The van der Waals surface area contributed by atoms with Crippen LogP contribution < -0.4 is 10.6 Å². The third-order valence-electron chi connectivity index (χ3n) is 2.73. The molecule has 8 heteroatoms. The predicted octanol–water partition coefficient (Wildman–Crippen LogP) is 3.00. The molecule has 2 heterocycles. The number of furan rings is 1. The summed E-state index contributed by atoms with van der Waals surface area (Å²) in [5, 5.41) is 14.8. The number of carbonyl (C=O) groups is 1. The molecule has 2 aromatic rings. The minimum atomic E-state index is -0.190. The second-order valence-electron chi connectivity index (χ2n) is 5.21. The minimum absolute atomic E-state index is 0.0268. The molecule has 0 aliphatic heterocycles. The zero-order chi connectivity index (χ0) is 15.9. The number of aromatic nitrogens is 2. The first-order valence-electron chi connectivity index (χ1n) is 7.08. The quantitative estimate of drug-likeness (QED) is 0.719. The van der Waals surface area contributed by atoms with Gasteiger partial charge in [0.05, 0.1) is 18.1 Å². The van der Waals surface area contributed by atoms with Crippen molar-refractivity contribution in [3.05, 3.63) is 24.2 Å². The van der Waals surface area contributed by atoms with Crippen molar-refractivity contribution < 1.29 is 9.21 Å². The van der Waals surface area contributed by atoms with Crippen LogP contribution in [0.25, 0.3) is 0 Å². The molecule has 0 unspecified atom stereocenters. The predicted molar refractivity (Wildman–Crippen MR) is 89.1 cm³/mol. The standard InChI is InChI=1S/C14H20N4O2S2/c1-9(2)7-15-12(19)10(3)21-14-18-17-13(22-14)16-8-11-5-4-6-20-11/h4-6,9-10H,7-8H2,1-3H3,(H,15,19)(H,16,17)/t10-/m0/s1. The molecule has 0 aliphatic carbocycles. The van der Waals surface area contributed by atoms with Crippen LogP contribution in [0, 0.1) is 5.92 Å². The number of anilines is 1. The summed E-state index contributed by atoms with van der Waals surface area (Å²) in [5.74, 6) is 1.31. The molecule has 0 saturated carbocycles. The fraction of sp³-hybridized carbons (Fsp3) is 0.500. The Morgan fingerprint density at radius 3 is 2.91 bits per heavy atom. The monoisotopic (exact) mass is 340 g/mol. The van der Waals surface area contributed by atoms with Crippen LogP contribution in [0.4, 0.5) is 5.13 Å². The second kappa shape index (κ2) is 8.19. The van der Waals surface area contributed by atoms with Gasteiger partial charge in [0.25, 0.3) is 0 Å². The highest BCUT2D eigenvalue weighted by molar-refractivity contribution is 8.02. The smallest absolute Gasteiger partial charge is 0.233 e. The Hall–Kier alpha value is -1.54. The summed E-state index contributed by atoms with van der Waals surface area (Å²) in [6.07, 6.45) is 1.63. The van der Waals surface area contributed by atoms with Crippen LogP contribution >= 0.6 is 23.1 Å². The van der Waals surface area contributed by atoms with E-state index in [0.717, 1.165) is 10.1 Å². The number of nitrogens with zero attached hydrogens (tertiary/aromatic N) is 2. The van der Waals surface area contributed by atoms with Crippen molar-refractivity contribution in [3.8, 4) is 0 Å². The molecule has 0 spiro atoms. The highest BCUT2D eigenvalue weighted by Gasteiger charge is 2.17. The van der Waals surface area contributed by atoms with Crippen LogP contribution in [0.15, 0.2) is 27.2 Å². The van der Waals surface area contributed by atoms with Crippen LogP contribution in [0.5, 0.6) is 0 Å². The van der Waals surface area contributed by atoms with Crippen molar-refractivity contribution in [2.75, 3.05) is 11.9 Å². The zero-order valence-corrected chi connectivity index (χ0v) is 14.5. The molecule has 2 aromatic heterocycles. The number of amides is 1. The van der Waals surface area contributed by atoms with E-state index in [0.29, 0.717) is 24.1 Å². The number of hydrogen-bond acceptors (Lipinski definition) is 7. The molecular weight excluding hydrogens is 320 g/mol. The van der Waals surface area contributed by atoms with Crippen molar-refractivity contribution in [1.82, 2.24) is 15.5 Å². The van der Waals surface area contributed by atoms with Crippen LogP contribution in [0.3, 0.4) is 0 Å². The molecule has 0 aliphatic rings. The summed E-state index contributed by atoms with van der Waals surface area (Å²) in [5.41, 5.74) is 0. The van der Waals surface area contributed by atoms with Crippen molar-refractivity contribution in [3.63, 3.8) is 0 Å². The molecule has 0 saturated heterocycles. The summed E-state index contributed by atoms with van der Waals surface area (Å²) < 4.78 is 6.01. The van der Waals surface area contributed by atoms with Crippen molar-refractivity contribution in [2.45, 2.75) is 36.9 Å². The molecule has 22 heavy (non-hydrogen) atoms.